The molecule has 6 nitrogen and oxygen atoms in total. The van der Waals surface area contributed by atoms with E-state index in [2.05, 4.69) is 26.6 Å². The number of halogens is 1. The highest BCUT2D eigenvalue weighted by Crippen LogP contribution is 2.15. The topological polar surface area (TPSA) is 75.2 Å². The Labute approximate surface area is 172 Å². The van der Waals surface area contributed by atoms with Gasteiger partial charge in [0.25, 0.3) is 11.8 Å². The van der Waals surface area contributed by atoms with Gasteiger partial charge in [-0.2, -0.15) is 0 Å². The molecule has 146 valence electrons. The number of carbonyl (C=O) groups excluding carboxylic acids is 2. The summed E-state index contributed by atoms with van der Waals surface area (Å²) in [5.74, 6) is 0.170. The minimum absolute atomic E-state index is 0.169. The van der Waals surface area contributed by atoms with Gasteiger partial charge >= 0.3 is 0 Å². The summed E-state index contributed by atoms with van der Waals surface area (Å²) in [5.41, 5.74) is 1.57. The zero-order chi connectivity index (χ0) is 19.9. The number of nitrogens with two attached hydrogens (primary N) is 1. The Bertz CT molecular complexity index is 857. The Balaban J connectivity index is 1.84. The average Bonchev–Trinajstić information content (AvgIpc) is 2.75. The smallest absolute Gasteiger partial charge is 0.270 e. The van der Waals surface area contributed by atoms with E-state index in [1.54, 1.807) is 42.4 Å². The molecule has 0 aromatic heterocycles. The zero-order valence-corrected chi connectivity index (χ0v) is 17.2. The Morgan fingerprint density at radius 2 is 1.71 bits per heavy atom. The molecule has 2 aromatic rings. The molecular formula is C21H23BrN3O3+. The van der Waals surface area contributed by atoms with Crippen LogP contribution < -0.4 is 15.4 Å². The van der Waals surface area contributed by atoms with E-state index >= 15 is 0 Å². The first-order valence-electron chi connectivity index (χ1n) is 9.10. The second kappa shape index (κ2) is 9.52. The number of nitrogens with one attached hydrogen (secondary N) is 1. The highest BCUT2D eigenvalue weighted by atomic mass is 79.9. The molecule has 0 saturated carbocycles. The van der Waals surface area contributed by atoms with E-state index in [0.717, 1.165) is 23.1 Å². The summed E-state index contributed by atoms with van der Waals surface area (Å²) in [6.45, 7) is 3.05. The molecule has 1 saturated heterocycles. The lowest BCUT2D eigenvalue weighted by Crippen LogP contribution is -2.90. The van der Waals surface area contributed by atoms with Crippen molar-refractivity contribution in [3.05, 3.63) is 69.8 Å². The standard InChI is InChI=1S/C21H22BrN3O3/c1-28-18-8-4-16(5-9-18)20(26)24-19(14-15-2-6-17(22)7-3-15)21(27)25-12-10-23-11-13-25/h2-9,14,23H,10-13H2,1H3,(H,24,26)/p+1/b19-14-. The van der Waals surface area contributed by atoms with E-state index in [0.29, 0.717) is 24.4 Å². The van der Waals surface area contributed by atoms with Crippen molar-refractivity contribution in [3.63, 3.8) is 0 Å². The average molecular weight is 445 g/mol. The van der Waals surface area contributed by atoms with E-state index in [1.807, 2.05) is 24.3 Å². The number of piperazine rings is 1. The maximum atomic E-state index is 13.0. The number of rotatable bonds is 5. The molecule has 0 radical (unpaired) electrons. The van der Waals surface area contributed by atoms with Crippen LogP contribution in [0.2, 0.25) is 0 Å². The number of hydrogen-bond donors (Lipinski definition) is 2. The third kappa shape index (κ3) is 5.21. The molecule has 1 heterocycles. The lowest BCUT2D eigenvalue weighted by molar-refractivity contribution is -0.662. The predicted molar refractivity (Wildman–Crippen MR) is 111 cm³/mol. The van der Waals surface area contributed by atoms with E-state index in [1.165, 1.54) is 0 Å². The Hall–Kier alpha value is -2.64. The number of methoxy groups -OCH3 is 1. The molecular weight excluding hydrogens is 422 g/mol. The van der Waals surface area contributed by atoms with Gasteiger partial charge in [-0.05, 0) is 48.0 Å². The van der Waals surface area contributed by atoms with Crippen LogP contribution in [0.5, 0.6) is 5.75 Å². The molecule has 1 aliphatic rings. The third-order valence-corrected chi connectivity index (χ3v) is 5.03. The van der Waals surface area contributed by atoms with Crippen molar-refractivity contribution in [2.75, 3.05) is 33.3 Å². The lowest BCUT2D eigenvalue weighted by atomic mass is 10.1. The lowest BCUT2D eigenvalue weighted by Gasteiger charge is -2.26. The van der Waals surface area contributed by atoms with Crippen molar-refractivity contribution in [2.24, 2.45) is 0 Å². The van der Waals surface area contributed by atoms with Gasteiger partial charge in [0.15, 0.2) is 0 Å². The number of nitrogens with zero attached hydrogens (tertiary/aromatic N) is 1. The van der Waals surface area contributed by atoms with Crippen molar-refractivity contribution >= 4 is 33.8 Å². The van der Waals surface area contributed by atoms with Gasteiger partial charge in [-0.25, -0.2) is 0 Å². The summed E-state index contributed by atoms with van der Waals surface area (Å²) in [4.78, 5) is 27.5. The van der Waals surface area contributed by atoms with Gasteiger partial charge in [0.1, 0.15) is 11.4 Å². The summed E-state index contributed by atoms with van der Waals surface area (Å²) in [6.07, 6.45) is 1.72. The van der Waals surface area contributed by atoms with Crippen LogP contribution in [-0.4, -0.2) is 50.0 Å². The number of carbonyl (C=O) groups is 2. The molecule has 0 aliphatic carbocycles. The molecule has 28 heavy (non-hydrogen) atoms. The number of benzene rings is 2. The number of ether oxygens (including phenoxy) is 1. The summed E-state index contributed by atoms with van der Waals surface area (Å²) < 4.78 is 6.08. The first kappa shape index (κ1) is 20.1. The van der Waals surface area contributed by atoms with E-state index in [9.17, 15) is 9.59 Å². The molecule has 7 heteroatoms. The third-order valence-electron chi connectivity index (χ3n) is 4.51. The highest BCUT2D eigenvalue weighted by Gasteiger charge is 2.23. The van der Waals surface area contributed by atoms with Gasteiger partial charge in [-0.1, -0.05) is 28.1 Å². The van der Waals surface area contributed by atoms with Crippen LogP contribution in [-0.2, 0) is 4.79 Å². The van der Waals surface area contributed by atoms with E-state index < -0.39 is 0 Å². The van der Waals surface area contributed by atoms with Gasteiger partial charge in [-0.3, -0.25) is 9.59 Å². The van der Waals surface area contributed by atoms with Crippen molar-refractivity contribution in [1.29, 1.82) is 0 Å². The van der Waals surface area contributed by atoms with Crippen LogP contribution in [0, 0.1) is 0 Å². The number of amides is 2. The predicted octanol–water partition coefficient (Wildman–Crippen LogP) is 1.63. The monoisotopic (exact) mass is 444 g/mol. The Morgan fingerprint density at radius 3 is 2.32 bits per heavy atom. The molecule has 2 amide bonds. The van der Waals surface area contributed by atoms with Crippen LogP contribution in [0.25, 0.3) is 6.08 Å². The molecule has 2 aromatic carbocycles. The summed E-state index contributed by atoms with van der Waals surface area (Å²) in [6, 6.07) is 14.4. The Morgan fingerprint density at radius 1 is 1.07 bits per heavy atom. The zero-order valence-electron chi connectivity index (χ0n) is 15.7. The minimum Gasteiger partial charge on any atom is -0.497 e. The van der Waals surface area contributed by atoms with E-state index in [4.69, 9.17) is 4.74 Å². The highest BCUT2D eigenvalue weighted by molar-refractivity contribution is 9.10. The van der Waals surface area contributed by atoms with Crippen molar-refractivity contribution < 1.29 is 19.6 Å². The minimum atomic E-state index is -0.331. The quantitative estimate of drug-likeness (QED) is 0.688. The molecule has 3 N–H and O–H groups in total. The fourth-order valence-electron chi connectivity index (χ4n) is 2.94. The number of quaternary nitrogens is 1. The fourth-order valence-corrected chi connectivity index (χ4v) is 3.20. The first-order valence-corrected chi connectivity index (χ1v) is 9.90. The van der Waals surface area contributed by atoms with E-state index in [-0.39, 0.29) is 17.5 Å². The molecule has 3 rings (SSSR count). The second-order valence-corrected chi connectivity index (χ2v) is 7.37. The van der Waals surface area contributed by atoms with Gasteiger partial charge in [-0.15, -0.1) is 0 Å². The van der Waals surface area contributed by atoms with Gasteiger partial charge in [0.05, 0.1) is 33.3 Å². The van der Waals surface area contributed by atoms with Gasteiger partial charge in [0.2, 0.25) is 0 Å². The molecule has 0 spiro atoms. The molecule has 1 fully saturated rings. The largest absolute Gasteiger partial charge is 0.497 e. The van der Waals surface area contributed by atoms with Crippen LogP contribution >= 0.6 is 15.9 Å². The summed E-state index contributed by atoms with van der Waals surface area (Å²) >= 11 is 3.41. The summed E-state index contributed by atoms with van der Waals surface area (Å²) in [5, 5.41) is 4.98. The molecule has 1 aliphatic heterocycles. The fraction of sp³-hybridized carbons (Fsp3) is 0.238. The Kier molecular flexibility index (Phi) is 6.84. The number of hydrogen-bond acceptors (Lipinski definition) is 3. The van der Waals surface area contributed by atoms with Crippen molar-refractivity contribution in [1.82, 2.24) is 10.2 Å². The van der Waals surface area contributed by atoms with Gasteiger partial charge in [0, 0.05) is 10.0 Å². The van der Waals surface area contributed by atoms with Crippen LogP contribution in [0.15, 0.2) is 58.7 Å². The maximum absolute atomic E-state index is 13.0. The van der Waals surface area contributed by atoms with Crippen molar-refractivity contribution in [2.45, 2.75) is 0 Å². The normalized spacial score (nSPS) is 14.5. The molecule has 0 atom stereocenters. The SMILES string of the molecule is COc1ccc(C(=O)N/C(=C\c2ccc(Br)cc2)C(=O)N2CC[NH2+]CC2)cc1. The van der Waals surface area contributed by atoms with Crippen LogP contribution in [0.1, 0.15) is 15.9 Å². The summed E-state index contributed by atoms with van der Waals surface area (Å²) in [7, 11) is 1.57. The van der Waals surface area contributed by atoms with Gasteiger partial charge < -0.3 is 20.3 Å². The molecule has 0 unspecified atom stereocenters. The maximum Gasteiger partial charge on any atom is 0.270 e. The molecule has 0 bridgehead atoms. The second-order valence-electron chi connectivity index (χ2n) is 6.45. The van der Waals surface area contributed by atoms with Crippen molar-refractivity contribution in [3.8, 4) is 5.75 Å². The van der Waals surface area contributed by atoms with Crippen LogP contribution in [0.3, 0.4) is 0 Å². The first-order chi connectivity index (χ1) is 13.6. The van der Waals surface area contributed by atoms with Crippen LogP contribution in [0.4, 0.5) is 0 Å².